The van der Waals surface area contributed by atoms with Crippen LogP contribution in [0.4, 0.5) is 5.82 Å². The van der Waals surface area contributed by atoms with Gasteiger partial charge in [-0.3, -0.25) is 15.6 Å². The van der Waals surface area contributed by atoms with E-state index in [1.165, 1.54) is 18.5 Å². The third kappa shape index (κ3) is 3.52. The lowest BCUT2D eigenvalue weighted by molar-refractivity contribution is 0.0962. The maximum atomic E-state index is 11.9. The van der Waals surface area contributed by atoms with Crippen LogP contribution < -0.4 is 10.9 Å². The molecule has 0 atom stereocenters. The Hall–Kier alpha value is -1.44. The van der Waals surface area contributed by atoms with E-state index in [-0.39, 0.29) is 16.5 Å². The first-order chi connectivity index (χ1) is 9.08. The molecule has 2 rings (SSSR count). The lowest BCUT2D eigenvalue weighted by Crippen LogP contribution is -2.30. The van der Waals surface area contributed by atoms with E-state index in [2.05, 4.69) is 42.0 Å². The summed E-state index contributed by atoms with van der Waals surface area (Å²) in [4.78, 5) is 15.7. The Balaban J connectivity index is 2.10. The lowest BCUT2D eigenvalue weighted by Gasteiger charge is -2.09. The highest BCUT2D eigenvalue weighted by Crippen LogP contribution is 2.18. The summed E-state index contributed by atoms with van der Waals surface area (Å²) >= 11 is 14.9. The zero-order valence-electron chi connectivity index (χ0n) is 9.19. The van der Waals surface area contributed by atoms with Crippen LogP contribution in [0.25, 0.3) is 0 Å². The van der Waals surface area contributed by atoms with Gasteiger partial charge in [0.25, 0.3) is 5.91 Å². The second-order valence-electron chi connectivity index (χ2n) is 3.30. The summed E-state index contributed by atoms with van der Waals surface area (Å²) in [6, 6.07) is 3.08. The number of hydrogen-bond acceptors (Lipinski definition) is 5. The number of amides is 1. The van der Waals surface area contributed by atoms with Crippen LogP contribution >= 0.6 is 39.1 Å². The van der Waals surface area contributed by atoms with Gasteiger partial charge >= 0.3 is 0 Å². The monoisotopic (exact) mass is 361 g/mol. The third-order valence-corrected chi connectivity index (χ3v) is 3.06. The van der Waals surface area contributed by atoms with E-state index in [1.54, 1.807) is 6.07 Å². The molecule has 0 spiro atoms. The fourth-order valence-electron chi connectivity index (χ4n) is 1.17. The number of rotatable bonds is 3. The van der Waals surface area contributed by atoms with Gasteiger partial charge in [0.1, 0.15) is 5.15 Å². The molecule has 9 heteroatoms. The fourth-order valence-corrected chi connectivity index (χ4v) is 1.83. The second-order valence-corrected chi connectivity index (χ2v) is 4.98. The number of carbonyl (C=O) groups excluding carboxylic acids is 1. The van der Waals surface area contributed by atoms with E-state index >= 15 is 0 Å². The number of hydrogen-bond donors (Lipinski definition) is 2. The maximum Gasteiger partial charge on any atom is 0.272 e. The molecule has 0 bridgehead atoms. The quantitative estimate of drug-likeness (QED) is 0.648. The van der Waals surface area contributed by atoms with Crippen molar-refractivity contribution in [2.75, 3.05) is 5.43 Å². The number of aromatic nitrogens is 3. The molecule has 0 aliphatic heterocycles. The minimum Gasteiger partial charge on any atom is -0.279 e. The first-order valence-corrected chi connectivity index (χ1v) is 6.47. The highest BCUT2D eigenvalue weighted by molar-refractivity contribution is 9.10. The molecule has 0 saturated carbocycles. The standard InChI is InChI=1S/C10H6BrCl2N5O/c11-5-3-6(8(13)14-4-5)10(19)18-17-9-7(12)1-2-15-16-9/h1-4H,(H,16,17)(H,18,19). The van der Waals surface area contributed by atoms with Crippen LogP contribution in [-0.2, 0) is 0 Å². The summed E-state index contributed by atoms with van der Waals surface area (Å²) in [6.07, 6.45) is 2.93. The summed E-state index contributed by atoms with van der Waals surface area (Å²) in [5.41, 5.74) is 5.17. The Kier molecular flexibility index (Phi) is 4.52. The number of carbonyl (C=O) groups is 1. The molecule has 0 aliphatic rings. The Morgan fingerprint density at radius 2 is 2.16 bits per heavy atom. The van der Waals surface area contributed by atoms with E-state index < -0.39 is 5.91 Å². The summed E-state index contributed by atoms with van der Waals surface area (Å²) in [5.74, 6) is -0.239. The Labute approximate surface area is 126 Å². The van der Waals surface area contributed by atoms with Gasteiger partial charge < -0.3 is 0 Å². The van der Waals surface area contributed by atoms with E-state index in [4.69, 9.17) is 23.2 Å². The van der Waals surface area contributed by atoms with Crippen LogP contribution in [0.2, 0.25) is 10.2 Å². The molecule has 6 nitrogen and oxygen atoms in total. The Morgan fingerprint density at radius 1 is 1.37 bits per heavy atom. The molecule has 2 N–H and O–H groups in total. The number of nitrogens with zero attached hydrogens (tertiary/aromatic N) is 3. The number of pyridine rings is 1. The number of halogens is 3. The first-order valence-electron chi connectivity index (χ1n) is 4.92. The molecule has 19 heavy (non-hydrogen) atoms. The summed E-state index contributed by atoms with van der Waals surface area (Å²) in [7, 11) is 0. The van der Waals surface area contributed by atoms with Crippen molar-refractivity contribution >= 4 is 50.9 Å². The van der Waals surface area contributed by atoms with Gasteiger partial charge in [0.2, 0.25) is 0 Å². The number of nitrogens with one attached hydrogen (secondary N) is 2. The fraction of sp³-hybridized carbons (Fsp3) is 0. The van der Waals surface area contributed by atoms with Gasteiger partial charge in [-0.1, -0.05) is 23.2 Å². The Bertz CT molecular complexity index is 625. The van der Waals surface area contributed by atoms with E-state index in [0.29, 0.717) is 9.50 Å². The zero-order chi connectivity index (χ0) is 13.8. The summed E-state index contributed by atoms with van der Waals surface area (Å²) in [6.45, 7) is 0. The molecule has 2 heterocycles. The summed E-state index contributed by atoms with van der Waals surface area (Å²) in [5, 5.41) is 7.77. The predicted octanol–water partition coefficient (Wildman–Crippen LogP) is 2.70. The predicted molar refractivity (Wildman–Crippen MR) is 75.1 cm³/mol. The molecular weight excluding hydrogens is 357 g/mol. The molecule has 0 saturated heterocycles. The van der Waals surface area contributed by atoms with Crippen molar-refractivity contribution in [1.29, 1.82) is 0 Å². The molecule has 1 amide bonds. The molecule has 2 aromatic heterocycles. The van der Waals surface area contributed by atoms with Gasteiger partial charge in [0.15, 0.2) is 5.82 Å². The smallest absolute Gasteiger partial charge is 0.272 e. The van der Waals surface area contributed by atoms with Crippen LogP contribution in [0.15, 0.2) is 29.0 Å². The van der Waals surface area contributed by atoms with Crippen LogP contribution in [0, 0.1) is 0 Å². The van der Waals surface area contributed by atoms with E-state index in [0.717, 1.165) is 0 Å². The molecule has 2 aromatic rings. The molecule has 0 unspecified atom stereocenters. The highest BCUT2D eigenvalue weighted by Gasteiger charge is 2.12. The SMILES string of the molecule is O=C(NNc1nnccc1Cl)c1cc(Br)cnc1Cl. The van der Waals surface area contributed by atoms with Crippen molar-refractivity contribution in [1.82, 2.24) is 20.6 Å². The second kappa shape index (κ2) is 6.14. The van der Waals surface area contributed by atoms with Gasteiger partial charge in [-0.2, -0.15) is 5.10 Å². The average Bonchev–Trinajstić information content (AvgIpc) is 2.40. The molecular formula is C10H6BrCl2N5O. The van der Waals surface area contributed by atoms with Crippen molar-refractivity contribution in [2.45, 2.75) is 0 Å². The average molecular weight is 363 g/mol. The zero-order valence-corrected chi connectivity index (χ0v) is 12.3. The van der Waals surface area contributed by atoms with Crippen molar-refractivity contribution in [2.24, 2.45) is 0 Å². The van der Waals surface area contributed by atoms with Crippen LogP contribution in [0.5, 0.6) is 0 Å². The number of anilines is 1. The summed E-state index contributed by atoms with van der Waals surface area (Å²) < 4.78 is 0.639. The van der Waals surface area contributed by atoms with Crippen LogP contribution in [-0.4, -0.2) is 21.1 Å². The first kappa shape index (κ1) is 14.0. The van der Waals surface area contributed by atoms with E-state index in [9.17, 15) is 4.79 Å². The van der Waals surface area contributed by atoms with Gasteiger partial charge in [-0.15, -0.1) is 5.10 Å². The van der Waals surface area contributed by atoms with Crippen LogP contribution in [0.1, 0.15) is 10.4 Å². The highest BCUT2D eigenvalue weighted by atomic mass is 79.9. The minimum atomic E-state index is -0.472. The molecule has 98 valence electrons. The molecule has 0 radical (unpaired) electrons. The molecule has 0 aliphatic carbocycles. The molecule has 0 fully saturated rings. The van der Waals surface area contributed by atoms with Crippen molar-refractivity contribution in [3.63, 3.8) is 0 Å². The van der Waals surface area contributed by atoms with Gasteiger partial charge in [-0.25, -0.2) is 4.98 Å². The van der Waals surface area contributed by atoms with E-state index in [1.807, 2.05) is 0 Å². The number of hydrazine groups is 1. The van der Waals surface area contributed by atoms with Gasteiger partial charge in [0.05, 0.1) is 16.8 Å². The maximum absolute atomic E-state index is 11.9. The topological polar surface area (TPSA) is 79.8 Å². The minimum absolute atomic E-state index is 0.0905. The normalized spacial score (nSPS) is 10.1. The van der Waals surface area contributed by atoms with Crippen LogP contribution in [0.3, 0.4) is 0 Å². The Morgan fingerprint density at radius 3 is 2.89 bits per heavy atom. The van der Waals surface area contributed by atoms with Gasteiger partial charge in [0, 0.05) is 10.7 Å². The van der Waals surface area contributed by atoms with Gasteiger partial charge in [-0.05, 0) is 28.1 Å². The lowest BCUT2D eigenvalue weighted by atomic mass is 10.3. The van der Waals surface area contributed by atoms with Crippen molar-refractivity contribution < 1.29 is 4.79 Å². The van der Waals surface area contributed by atoms with Crippen molar-refractivity contribution in [3.05, 3.63) is 44.7 Å². The largest absolute Gasteiger partial charge is 0.279 e. The third-order valence-electron chi connectivity index (χ3n) is 2.02. The van der Waals surface area contributed by atoms with Crippen molar-refractivity contribution in [3.8, 4) is 0 Å². The molecule has 0 aromatic carbocycles.